The zero-order chi connectivity index (χ0) is 18.1. The predicted octanol–water partition coefficient (Wildman–Crippen LogP) is 4.31. The number of hydrogen-bond donors (Lipinski definition) is 1. The molecule has 0 saturated heterocycles. The highest BCUT2D eigenvalue weighted by atomic mass is 35.5. The molecule has 3 heterocycles. The highest BCUT2D eigenvalue weighted by Gasteiger charge is 2.25. The topological polar surface area (TPSA) is 62.3 Å². The largest absolute Gasteiger partial charge is 0.333 e. The number of thiophene rings is 1. The molecule has 0 radical (unpaired) electrons. The highest BCUT2D eigenvalue weighted by Crippen LogP contribution is 2.29. The first-order valence-corrected chi connectivity index (χ1v) is 10.1. The first kappa shape index (κ1) is 17.2. The molecule has 0 unspecified atom stereocenters. The fourth-order valence-electron chi connectivity index (χ4n) is 2.79. The second-order valence-corrected chi connectivity index (χ2v) is 8.28. The van der Waals surface area contributed by atoms with E-state index in [9.17, 15) is 9.59 Å². The van der Waals surface area contributed by atoms with Crippen LogP contribution in [0.3, 0.4) is 0 Å². The third-order valence-corrected chi connectivity index (χ3v) is 6.16. The van der Waals surface area contributed by atoms with E-state index in [0.717, 1.165) is 10.6 Å². The average Bonchev–Trinajstić information content (AvgIpc) is 3.29. The maximum absolute atomic E-state index is 12.7. The quantitative estimate of drug-likeness (QED) is 0.708. The van der Waals surface area contributed by atoms with Gasteiger partial charge in [0.1, 0.15) is 0 Å². The molecule has 2 aromatic heterocycles. The second-order valence-electron chi connectivity index (χ2n) is 5.81. The number of halogens is 1. The maximum Gasteiger partial charge on any atom is 0.267 e. The van der Waals surface area contributed by atoms with E-state index in [1.165, 1.54) is 22.7 Å². The molecule has 1 aliphatic rings. The molecule has 5 nitrogen and oxygen atoms in total. The van der Waals surface area contributed by atoms with Gasteiger partial charge in [0.05, 0.1) is 17.1 Å². The van der Waals surface area contributed by atoms with Gasteiger partial charge in [-0.25, -0.2) is 4.98 Å². The Kier molecular flexibility index (Phi) is 4.76. The minimum absolute atomic E-state index is 0.0456. The van der Waals surface area contributed by atoms with Gasteiger partial charge in [-0.3, -0.25) is 14.9 Å². The van der Waals surface area contributed by atoms with Crippen LogP contribution in [0, 0.1) is 0 Å². The van der Waals surface area contributed by atoms with E-state index < -0.39 is 0 Å². The lowest BCUT2D eigenvalue weighted by Gasteiger charge is -2.26. The molecule has 0 atom stereocenters. The summed E-state index contributed by atoms with van der Waals surface area (Å²) in [5, 5.41) is 5.83. The zero-order valence-corrected chi connectivity index (χ0v) is 16.0. The molecule has 8 heteroatoms. The number of carbonyl (C=O) groups is 2. The van der Waals surface area contributed by atoms with E-state index >= 15 is 0 Å². The summed E-state index contributed by atoms with van der Waals surface area (Å²) < 4.78 is 0. The summed E-state index contributed by atoms with van der Waals surface area (Å²) >= 11 is 8.80. The summed E-state index contributed by atoms with van der Waals surface area (Å²) in [5.74, 6) is -0.200. The summed E-state index contributed by atoms with van der Waals surface area (Å²) in [4.78, 5) is 32.8. The van der Waals surface area contributed by atoms with Crippen LogP contribution in [-0.2, 0) is 13.0 Å². The molecule has 4 rings (SSSR count). The number of hydrogen-bond acceptors (Lipinski definition) is 5. The van der Waals surface area contributed by atoms with Crippen molar-refractivity contribution in [2.24, 2.45) is 0 Å². The van der Waals surface area contributed by atoms with E-state index in [4.69, 9.17) is 11.6 Å². The summed E-state index contributed by atoms with van der Waals surface area (Å²) in [6.07, 6.45) is 0.674. The molecule has 1 aromatic carbocycles. The van der Waals surface area contributed by atoms with Crippen LogP contribution in [0.5, 0.6) is 0 Å². The van der Waals surface area contributed by atoms with Crippen molar-refractivity contribution in [1.29, 1.82) is 0 Å². The van der Waals surface area contributed by atoms with Gasteiger partial charge in [-0.15, -0.1) is 11.3 Å². The van der Waals surface area contributed by atoms with Gasteiger partial charge in [0.2, 0.25) is 0 Å². The van der Waals surface area contributed by atoms with Crippen LogP contribution in [-0.4, -0.2) is 28.2 Å². The molecule has 2 amide bonds. The first-order chi connectivity index (χ1) is 12.6. The van der Waals surface area contributed by atoms with E-state index in [1.807, 2.05) is 11.4 Å². The predicted molar refractivity (Wildman–Crippen MR) is 104 cm³/mol. The summed E-state index contributed by atoms with van der Waals surface area (Å²) in [6.45, 7) is 1.09. The number of nitrogens with one attached hydrogen (secondary N) is 1. The monoisotopic (exact) mass is 403 g/mol. The number of amides is 2. The van der Waals surface area contributed by atoms with E-state index in [0.29, 0.717) is 40.1 Å². The Labute approximate surface area is 163 Å². The smallest absolute Gasteiger partial charge is 0.267 e. The van der Waals surface area contributed by atoms with E-state index in [1.54, 1.807) is 35.2 Å². The molecular formula is C18H14ClN3O2S2. The Balaban J connectivity index is 1.48. The molecule has 0 aliphatic carbocycles. The fourth-order valence-corrected chi connectivity index (χ4v) is 4.62. The third-order valence-electron chi connectivity index (χ3n) is 4.06. The normalized spacial score (nSPS) is 13.3. The molecule has 132 valence electrons. The second kappa shape index (κ2) is 7.19. The van der Waals surface area contributed by atoms with Crippen molar-refractivity contribution in [3.8, 4) is 0 Å². The Morgan fingerprint density at radius 2 is 2.12 bits per heavy atom. The molecular weight excluding hydrogens is 390 g/mol. The van der Waals surface area contributed by atoms with Crippen LogP contribution in [0.2, 0.25) is 5.02 Å². The van der Waals surface area contributed by atoms with Crippen molar-refractivity contribution in [3.05, 3.63) is 67.8 Å². The van der Waals surface area contributed by atoms with Crippen molar-refractivity contribution in [1.82, 2.24) is 9.88 Å². The van der Waals surface area contributed by atoms with Crippen molar-refractivity contribution in [3.63, 3.8) is 0 Å². The van der Waals surface area contributed by atoms with Crippen LogP contribution in [0.15, 0.2) is 41.8 Å². The van der Waals surface area contributed by atoms with Crippen molar-refractivity contribution >= 4 is 51.2 Å². The molecule has 3 aromatic rings. The number of aromatic nitrogens is 1. The van der Waals surface area contributed by atoms with Crippen LogP contribution in [0.25, 0.3) is 0 Å². The fraction of sp³-hybridized carbons (Fsp3) is 0.167. The van der Waals surface area contributed by atoms with Crippen molar-refractivity contribution in [2.45, 2.75) is 13.0 Å². The SMILES string of the molecule is O=C(Nc1nc2c(s1)CN(C(=O)c1cccc(Cl)c1)CC2)c1cccs1. The summed E-state index contributed by atoms with van der Waals surface area (Å²) in [5.41, 5.74) is 1.53. The standard InChI is InChI=1S/C18H14ClN3O2S2/c19-12-4-1-3-11(9-12)17(24)22-7-6-13-15(10-22)26-18(20-13)21-16(23)14-5-2-8-25-14/h1-5,8-9H,6-7,10H2,(H,20,21,23). The minimum atomic E-state index is -0.155. The lowest BCUT2D eigenvalue weighted by Crippen LogP contribution is -2.35. The highest BCUT2D eigenvalue weighted by molar-refractivity contribution is 7.16. The number of fused-ring (bicyclic) bond motifs is 1. The van der Waals surface area contributed by atoms with Gasteiger partial charge in [0, 0.05) is 28.4 Å². The number of anilines is 1. The molecule has 0 bridgehead atoms. The maximum atomic E-state index is 12.7. The number of thiazole rings is 1. The van der Waals surface area contributed by atoms with Gasteiger partial charge in [0.15, 0.2) is 5.13 Å². The lowest BCUT2D eigenvalue weighted by molar-refractivity contribution is 0.0736. The van der Waals surface area contributed by atoms with Crippen LogP contribution in [0.1, 0.15) is 30.6 Å². The number of nitrogens with zero attached hydrogens (tertiary/aromatic N) is 2. The number of benzene rings is 1. The van der Waals surface area contributed by atoms with Gasteiger partial charge in [-0.2, -0.15) is 0 Å². The Morgan fingerprint density at radius 1 is 1.23 bits per heavy atom. The van der Waals surface area contributed by atoms with Crippen molar-refractivity contribution < 1.29 is 9.59 Å². The summed E-state index contributed by atoms with van der Waals surface area (Å²) in [6, 6.07) is 10.6. The average molecular weight is 404 g/mol. The third kappa shape index (κ3) is 3.51. The van der Waals surface area contributed by atoms with Crippen molar-refractivity contribution in [2.75, 3.05) is 11.9 Å². The minimum Gasteiger partial charge on any atom is -0.333 e. The van der Waals surface area contributed by atoms with Gasteiger partial charge in [-0.1, -0.05) is 35.1 Å². The molecule has 0 spiro atoms. The van der Waals surface area contributed by atoms with Crippen LogP contribution < -0.4 is 5.32 Å². The van der Waals surface area contributed by atoms with Gasteiger partial charge >= 0.3 is 0 Å². The van der Waals surface area contributed by atoms with Gasteiger partial charge < -0.3 is 4.90 Å². The van der Waals surface area contributed by atoms with Crippen LogP contribution >= 0.6 is 34.3 Å². The molecule has 1 N–H and O–H groups in total. The Bertz CT molecular complexity index is 969. The molecule has 26 heavy (non-hydrogen) atoms. The van der Waals surface area contributed by atoms with Gasteiger partial charge in [0.25, 0.3) is 11.8 Å². The Hall–Kier alpha value is -2.22. The number of rotatable bonds is 3. The lowest BCUT2D eigenvalue weighted by atomic mass is 10.1. The zero-order valence-electron chi connectivity index (χ0n) is 13.6. The molecule has 1 aliphatic heterocycles. The first-order valence-electron chi connectivity index (χ1n) is 7.98. The molecule has 0 saturated carbocycles. The van der Waals surface area contributed by atoms with Gasteiger partial charge in [-0.05, 0) is 29.6 Å². The van der Waals surface area contributed by atoms with E-state index in [-0.39, 0.29) is 11.8 Å². The Morgan fingerprint density at radius 3 is 2.88 bits per heavy atom. The number of carbonyl (C=O) groups excluding carboxylic acids is 2. The van der Waals surface area contributed by atoms with E-state index in [2.05, 4.69) is 10.3 Å². The summed E-state index contributed by atoms with van der Waals surface area (Å²) in [7, 11) is 0. The molecule has 0 fully saturated rings. The van der Waals surface area contributed by atoms with Crippen LogP contribution in [0.4, 0.5) is 5.13 Å².